The Hall–Kier alpha value is -2.44. The number of nitrogens with zero attached hydrogens (tertiary/aromatic N) is 2. The minimum atomic E-state index is -0.296. The highest BCUT2D eigenvalue weighted by atomic mass is 35.5. The molecule has 2 aromatic heterocycles. The smallest absolute Gasteiger partial charge is 0.275 e. The van der Waals surface area contributed by atoms with Crippen LogP contribution < -0.4 is 10.6 Å². The maximum atomic E-state index is 12.4. The number of rotatable bonds is 5. The van der Waals surface area contributed by atoms with Crippen molar-refractivity contribution in [2.45, 2.75) is 20.3 Å². The number of thiazole rings is 1. The molecule has 0 fully saturated rings. The summed E-state index contributed by atoms with van der Waals surface area (Å²) in [6.45, 7) is 3.98. The number of para-hydroxylation sites is 1. The molecule has 0 saturated carbocycles. The van der Waals surface area contributed by atoms with E-state index >= 15 is 0 Å². The number of pyridine rings is 1. The molecule has 2 heterocycles. The predicted octanol–water partition coefficient (Wildman–Crippen LogP) is 5.06. The number of carbonyl (C=O) groups excluding carboxylic acids is 1. The van der Waals surface area contributed by atoms with Crippen LogP contribution in [0, 0.1) is 6.92 Å². The number of carbonyl (C=O) groups is 1. The average molecular weight is 373 g/mol. The van der Waals surface area contributed by atoms with Gasteiger partial charge in [0.1, 0.15) is 11.5 Å². The average Bonchev–Trinajstić information content (AvgIpc) is 3.07. The molecular weight excluding hydrogens is 356 g/mol. The SMILES string of the molecule is CCc1ccnc(Nc2nc(C(=O)Nc3c(C)cccc3Cl)cs2)c1. The van der Waals surface area contributed by atoms with Gasteiger partial charge < -0.3 is 10.6 Å². The molecule has 0 aliphatic carbocycles. The Labute approximate surface area is 155 Å². The number of benzene rings is 1. The van der Waals surface area contributed by atoms with Gasteiger partial charge >= 0.3 is 0 Å². The predicted molar refractivity (Wildman–Crippen MR) is 103 cm³/mol. The van der Waals surface area contributed by atoms with Crippen molar-refractivity contribution in [2.24, 2.45) is 0 Å². The molecule has 5 nitrogen and oxygen atoms in total. The highest BCUT2D eigenvalue weighted by Crippen LogP contribution is 2.26. The van der Waals surface area contributed by atoms with E-state index in [-0.39, 0.29) is 5.91 Å². The van der Waals surface area contributed by atoms with Crippen LogP contribution in [0.4, 0.5) is 16.6 Å². The Morgan fingerprint density at radius 3 is 2.92 bits per heavy atom. The summed E-state index contributed by atoms with van der Waals surface area (Å²) in [7, 11) is 0. The van der Waals surface area contributed by atoms with E-state index in [2.05, 4.69) is 27.5 Å². The summed E-state index contributed by atoms with van der Waals surface area (Å²) < 4.78 is 0. The maximum Gasteiger partial charge on any atom is 0.275 e. The second-order valence-corrected chi connectivity index (χ2v) is 6.72. The summed E-state index contributed by atoms with van der Waals surface area (Å²) in [5, 5.41) is 8.77. The first-order chi connectivity index (χ1) is 12.1. The zero-order valence-electron chi connectivity index (χ0n) is 13.8. The molecule has 7 heteroatoms. The number of anilines is 3. The molecule has 128 valence electrons. The summed E-state index contributed by atoms with van der Waals surface area (Å²) in [5.74, 6) is 0.415. The van der Waals surface area contributed by atoms with Gasteiger partial charge in [-0.05, 0) is 42.7 Å². The van der Waals surface area contributed by atoms with Crippen molar-refractivity contribution in [3.8, 4) is 0 Å². The number of amides is 1. The molecule has 1 aromatic carbocycles. The molecular formula is C18H17ClN4OS. The minimum absolute atomic E-state index is 0.296. The normalized spacial score (nSPS) is 10.5. The molecule has 3 aromatic rings. The van der Waals surface area contributed by atoms with Gasteiger partial charge in [0.25, 0.3) is 5.91 Å². The monoisotopic (exact) mass is 372 g/mol. The van der Waals surface area contributed by atoms with E-state index in [1.54, 1.807) is 17.6 Å². The fourth-order valence-electron chi connectivity index (χ4n) is 2.28. The Morgan fingerprint density at radius 1 is 1.32 bits per heavy atom. The van der Waals surface area contributed by atoms with Crippen LogP contribution in [-0.4, -0.2) is 15.9 Å². The van der Waals surface area contributed by atoms with Crippen molar-refractivity contribution in [3.63, 3.8) is 0 Å². The molecule has 2 N–H and O–H groups in total. The first kappa shape index (κ1) is 17.4. The van der Waals surface area contributed by atoms with Crippen LogP contribution in [0.2, 0.25) is 5.02 Å². The molecule has 0 radical (unpaired) electrons. The standard InChI is InChI=1S/C18H17ClN4OS/c1-3-12-7-8-20-15(9-12)22-18-21-14(10-25-18)17(24)23-16-11(2)5-4-6-13(16)19/h4-10H,3H2,1-2H3,(H,23,24)(H,20,21,22). The van der Waals surface area contributed by atoms with Crippen molar-refractivity contribution in [2.75, 3.05) is 10.6 Å². The molecule has 0 saturated heterocycles. The lowest BCUT2D eigenvalue weighted by Crippen LogP contribution is -2.13. The molecule has 0 aliphatic rings. The van der Waals surface area contributed by atoms with Crippen LogP contribution in [0.3, 0.4) is 0 Å². The quantitative estimate of drug-likeness (QED) is 0.657. The fraction of sp³-hybridized carbons (Fsp3) is 0.167. The van der Waals surface area contributed by atoms with E-state index in [1.165, 1.54) is 16.9 Å². The van der Waals surface area contributed by atoms with Crippen molar-refractivity contribution in [3.05, 3.63) is 63.8 Å². The zero-order chi connectivity index (χ0) is 17.8. The lowest BCUT2D eigenvalue weighted by Gasteiger charge is -2.08. The summed E-state index contributed by atoms with van der Waals surface area (Å²) in [6.07, 6.45) is 2.68. The Morgan fingerprint density at radius 2 is 2.16 bits per heavy atom. The van der Waals surface area contributed by atoms with E-state index in [4.69, 9.17) is 11.6 Å². The second-order valence-electron chi connectivity index (χ2n) is 5.45. The van der Waals surface area contributed by atoms with E-state index in [9.17, 15) is 4.79 Å². The van der Waals surface area contributed by atoms with Gasteiger partial charge in [-0.1, -0.05) is 30.7 Å². The van der Waals surface area contributed by atoms with Crippen molar-refractivity contribution in [1.82, 2.24) is 9.97 Å². The lowest BCUT2D eigenvalue weighted by atomic mass is 10.2. The van der Waals surface area contributed by atoms with E-state index in [0.29, 0.717) is 27.4 Å². The maximum absolute atomic E-state index is 12.4. The third kappa shape index (κ3) is 4.15. The van der Waals surface area contributed by atoms with Crippen molar-refractivity contribution >= 4 is 45.5 Å². The minimum Gasteiger partial charge on any atom is -0.319 e. The van der Waals surface area contributed by atoms with Crippen LogP contribution >= 0.6 is 22.9 Å². The molecule has 0 unspecified atom stereocenters. The number of nitrogens with one attached hydrogen (secondary N) is 2. The summed E-state index contributed by atoms with van der Waals surface area (Å²) in [4.78, 5) is 21.0. The van der Waals surface area contributed by atoms with Crippen molar-refractivity contribution < 1.29 is 4.79 Å². The van der Waals surface area contributed by atoms with E-state index in [0.717, 1.165) is 12.0 Å². The van der Waals surface area contributed by atoms with Crippen LogP contribution in [0.25, 0.3) is 0 Å². The highest BCUT2D eigenvalue weighted by molar-refractivity contribution is 7.14. The lowest BCUT2D eigenvalue weighted by molar-refractivity contribution is 0.102. The van der Waals surface area contributed by atoms with Gasteiger partial charge in [-0.25, -0.2) is 9.97 Å². The van der Waals surface area contributed by atoms with Crippen LogP contribution in [0.15, 0.2) is 41.9 Å². The summed E-state index contributed by atoms with van der Waals surface area (Å²) in [5.41, 5.74) is 3.02. The largest absolute Gasteiger partial charge is 0.319 e. The first-order valence-corrected chi connectivity index (χ1v) is 9.06. The van der Waals surface area contributed by atoms with Crippen LogP contribution in [0.5, 0.6) is 0 Å². The van der Waals surface area contributed by atoms with Gasteiger partial charge in [0, 0.05) is 11.6 Å². The Bertz CT molecular complexity index is 889. The molecule has 0 atom stereocenters. The number of aryl methyl sites for hydroxylation is 2. The van der Waals surface area contributed by atoms with E-state index in [1.807, 2.05) is 31.2 Å². The topological polar surface area (TPSA) is 66.9 Å². The molecule has 3 rings (SSSR count). The van der Waals surface area contributed by atoms with E-state index < -0.39 is 0 Å². The van der Waals surface area contributed by atoms with Crippen LogP contribution in [0.1, 0.15) is 28.5 Å². The third-order valence-corrected chi connectivity index (χ3v) is 4.74. The number of hydrogen-bond donors (Lipinski definition) is 2. The second kappa shape index (κ2) is 7.63. The number of aromatic nitrogens is 2. The van der Waals surface area contributed by atoms with Gasteiger partial charge in [0.2, 0.25) is 0 Å². The van der Waals surface area contributed by atoms with Crippen LogP contribution in [-0.2, 0) is 6.42 Å². The third-order valence-electron chi connectivity index (χ3n) is 3.66. The first-order valence-electron chi connectivity index (χ1n) is 7.80. The summed E-state index contributed by atoms with van der Waals surface area (Å²) in [6, 6.07) is 9.41. The fourth-order valence-corrected chi connectivity index (χ4v) is 3.24. The van der Waals surface area contributed by atoms with Gasteiger partial charge in [0.05, 0.1) is 10.7 Å². The molecule has 1 amide bonds. The highest BCUT2D eigenvalue weighted by Gasteiger charge is 2.14. The molecule has 25 heavy (non-hydrogen) atoms. The number of hydrogen-bond acceptors (Lipinski definition) is 5. The Balaban J connectivity index is 1.73. The van der Waals surface area contributed by atoms with Gasteiger partial charge in [0.15, 0.2) is 5.13 Å². The molecule has 0 spiro atoms. The van der Waals surface area contributed by atoms with Gasteiger partial charge in [-0.15, -0.1) is 11.3 Å². The van der Waals surface area contributed by atoms with Gasteiger partial charge in [-0.2, -0.15) is 0 Å². The summed E-state index contributed by atoms with van der Waals surface area (Å²) >= 11 is 7.50. The number of halogens is 1. The zero-order valence-corrected chi connectivity index (χ0v) is 15.4. The van der Waals surface area contributed by atoms with Crippen molar-refractivity contribution in [1.29, 1.82) is 0 Å². The molecule has 0 bridgehead atoms. The Kier molecular flexibility index (Phi) is 5.31. The van der Waals surface area contributed by atoms with Gasteiger partial charge in [-0.3, -0.25) is 4.79 Å². The molecule has 0 aliphatic heterocycles.